The second-order valence-corrected chi connectivity index (χ2v) is 7.72. The van der Waals surface area contributed by atoms with E-state index < -0.39 is 16.0 Å². The zero-order valence-corrected chi connectivity index (χ0v) is 15.2. The zero-order valence-electron chi connectivity index (χ0n) is 14.4. The van der Waals surface area contributed by atoms with Crippen molar-refractivity contribution in [1.82, 2.24) is 4.31 Å². The molecule has 0 unspecified atom stereocenters. The fourth-order valence-corrected chi connectivity index (χ4v) is 3.03. The van der Waals surface area contributed by atoms with Crippen molar-refractivity contribution >= 4 is 16.0 Å². The molecule has 0 amide bonds. The number of nitrogens with zero attached hydrogens (tertiary/aromatic N) is 1. The number of esters is 1. The number of aryl methyl sites for hydroxylation is 1. The average molecular weight is 363 g/mol. The number of hydrogen-bond acceptors (Lipinski definition) is 5. The molecule has 0 saturated heterocycles. The lowest BCUT2D eigenvalue weighted by atomic mass is 10.2. The number of para-hydroxylation sites is 1. The highest BCUT2D eigenvalue weighted by Gasteiger charge is 2.19. The molecule has 2 rings (SSSR count). The van der Waals surface area contributed by atoms with Gasteiger partial charge in [0.1, 0.15) is 19.0 Å². The van der Waals surface area contributed by atoms with Gasteiger partial charge in [-0.05, 0) is 36.8 Å². The van der Waals surface area contributed by atoms with Crippen LogP contribution in [0, 0.1) is 6.92 Å². The average Bonchev–Trinajstić information content (AvgIpc) is 2.60. The topological polar surface area (TPSA) is 72.9 Å². The van der Waals surface area contributed by atoms with Gasteiger partial charge in [0, 0.05) is 14.1 Å². The van der Waals surface area contributed by atoms with E-state index in [2.05, 4.69) is 0 Å². The third-order valence-corrected chi connectivity index (χ3v) is 5.33. The predicted octanol–water partition coefficient (Wildman–Crippen LogP) is 2.48. The van der Waals surface area contributed by atoms with Gasteiger partial charge in [0.15, 0.2) is 0 Å². The molecular weight excluding hydrogens is 342 g/mol. The van der Waals surface area contributed by atoms with Crippen molar-refractivity contribution in [2.45, 2.75) is 11.8 Å². The molecule has 134 valence electrons. The monoisotopic (exact) mass is 363 g/mol. The summed E-state index contributed by atoms with van der Waals surface area (Å²) < 4.78 is 36.0. The van der Waals surface area contributed by atoms with Gasteiger partial charge in [0.05, 0.1) is 10.5 Å². The second kappa shape index (κ2) is 8.13. The molecule has 0 heterocycles. The Kier molecular flexibility index (Phi) is 6.17. The van der Waals surface area contributed by atoms with Gasteiger partial charge >= 0.3 is 5.97 Å². The van der Waals surface area contributed by atoms with Gasteiger partial charge in [0.2, 0.25) is 10.0 Å². The minimum atomic E-state index is -3.60. The minimum absolute atomic E-state index is 0.0445. The van der Waals surface area contributed by atoms with E-state index in [0.717, 1.165) is 15.6 Å². The van der Waals surface area contributed by atoms with Gasteiger partial charge in [0.25, 0.3) is 0 Å². The molecule has 0 bridgehead atoms. The van der Waals surface area contributed by atoms with Crippen LogP contribution >= 0.6 is 0 Å². The number of carbonyl (C=O) groups is 1. The molecule has 0 fully saturated rings. The predicted molar refractivity (Wildman–Crippen MR) is 94.3 cm³/mol. The van der Waals surface area contributed by atoms with Crippen molar-refractivity contribution in [3.05, 3.63) is 59.7 Å². The number of ether oxygens (including phenoxy) is 2. The molecule has 2 aromatic rings. The summed E-state index contributed by atoms with van der Waals surface area (Å²) in [6.45, 7) is 2.21. The smallest absolute Gasteiger partial charge is 0.338 e. The summed E-state index contributed by atoms with van der Waals surface area (Å²) in [4.78, 5) is 12.1. The maximum atomic E-state index is 12.1. The summed E-state index contributed by atoms with van der Waals surface area (Å²) >= 11 is 0. The van der Waals surface area contributed by atoms with Crippen molar-refractivity contribution in [2.24, 2.45) is 0 Å². The summed E-state index contributed by atoms with van der Waals surface area (Å²) in [5, 5.41) is 0. The Labute approximate surface area is 148 Å². The molecule has 0 spiro atoms. The molecule has 0 saturated carbocycles. The number of sulfonamides is 1. The highest BCUT2D eigenvalue weighted by atomic mass is 32.2. The largest absolute Gasteiger partial charge is 0.490 e. The SMILES string of the molecule is Cc1ccccc1OCCOC(=O)c1cccc(S(=O)(=O)N(C)C)c1. The summed E-state index contributed by atoms with van der Waals surface area (Å²) in [6.07, 6.45) is 0. The number of hydrogen-bond donors (Lipinski definition) is 0. The molecular formula is C18H21NO5S. The first-order chi connectivity index (χ1) is 11.8. The van der Waals surface area contributed by atoms with Crippen molar-refractivity contribution < 1.29 is 22.7 Å². The molecule has 25 heavy (non-hydrogen) atoms. The Bertz CT molecular complexity index is 846. The Morgan fingerprint density at radius 2 is 1.76 bits per heavy atom. The van der Waals surface area contributed by atoms with E-state index in [1.54, 1.807) is 0 Å². The third kappa shape index (κ3) is 4.80. The van der Waals surface area contributed by atoms with Gasteiger partial charge in [-0.1, -0.05) is 24.3 Å². The maximum absolute atomic E-state index is 12.1. The van der Waals surface area contributed by atoms with Crippen molar-refractivity contribution in [3.8, 4) is 5.75 Å². The van der Waals surface area contributed by atoms with E-state index in [4.69, 9.17) is 9.47 Å². The molecule has 7 heteroatoms. The normalized spacial score (nSPS) is 11.4. The van der Waals surface area contributed by atoms with Crippen molar-refractivity contribution in [3.63, 3.8) is 0 Å². The number of carbonyl (C=O) groups excluding carboxylic acids is 1. The van der Waals surface area contributed by atoms with Gasteiger partial charge in [-0.25, -0.2) is 17.5 Å². The summed E-state index contributed by atoms with van der Waals surface area (Å²) in [5.41, 5.74) is 1.18. The van der Waals surface area contributed by atoms with Crippen LogP contribution in [0.25, 0.3) is 0 Å². The standard InChI is InChI=1S/C18H21NO5S/c1-14-7-4-5-10-17(14)23-11-12-24-18(20)15-8-6-9-16(13-15)25(21,22)19(2)3/h4-10,13H,11-12H2,1-3H3. The Morgan fingerprint density at radius 3 is 2.44 bits per heavy atom. The third-order valence-electron chi connectivity index (χ3n) is 3.52. The minimum Gasteiger partial charge on any atom is -0.490 e. The molecule has 0 aliphatic carbocycles. The fraction of sp³-hybridized carbons (Fsp3) is 0.278. The lowest BCUT2D eigenvalue weighted by Crippen LogP contribution is -2.22. The highest BCUT2D eigenvalue weighted by molar-refractivity contribution is 7.89. The van der Waals surface area contributed by atoms with E-state index >= 15 is 0 Å². The summed E-state index contributed by atoms with van der Waals surface area (Å²) in [5.74, 6) is 0.141. The fourth-order valence-electron chi connectivity index (χ4n) is 2.08. The maximum Gasteiger partial charge on any atom is 0.338 e. The molecule has 0 atom stereocenters. The van der Waals surface area contributed by atoms with Gasteiger partial charge in [-0.2, -0.15) is 0 Å². The van der Waals surface area contributed by atoms with E-state index in [-0.39, 0.29) is 23.7 Å². The number of benzene rings is 2. The van der Waals surface area contributed by atoms with E-state index in [0.29, 0.717) is 0 Å². The first kappa shape index (κ1) is 19.0. The van der Waals surface area contributed by atoms with Crippen molar-refractivity contribution in [2.75, 3.05) is 27.3 Å². The van der Waals surface area contributed by atoms with Gasteiger partial charge < -0.3 is 9.47 Å². The first-order valence-corrected chi connectivity index (χ1v) is 9.14. The van der Waals surface area contributed by atoms with Gasteiger partial charge in [-0.3, -0.25) is 0 Å². The Hall–Kier alpha value is -2.38. The lowest BCUT2D eigenvalue weighted by Gasteiger charge is -2.12. The van der Waals surface area contributed by atoms with Crippen LogP contribution in [-0.2, 0) is 14.8 Å². The summed E-state index contributed by atoms with van der Waals surface area (Å²) in [6, 6.07) is 13.3. The first-order valence-electron chi connectivity index (χ1n) is 7.70. The molecule has 0 radical (unpaired) electrons. The van der Waals surface area contributed by atoms with Crippen LogP contribution in [0.5, 0.6) is 5.75 Å². The van der Waals surface area contributed by atoms with Crippen LogP contribution in [0.4, 0.5) is 0 Å². The van der Waals surface area contributed by atoms with Crippen LogP contribution in [0.3, 0.4) is 0 Å². The molecule has 0 N–H and O–H groups in total. The lowest BCUT2D eigenvalue weighted by molar-refractivity contribution is 0.0450. The summed E-state index contributed by atoms with van der Waals surface area (Å²) in [7, 11) is -0.730. The van der Waals surface area contributed by atoms with Gasteiger partial charge in [-0.15, -0.1) is 0 Å². The van der Waals surface area contributed by atoms with Crippen LogP contribution in [-0.4, -0.2) is 46.0 Å². The second-order valence-electron chi connectivity index (χ2n) is 5.57. The molecule has 2 aromatic carbocycles. The van der Waals surface area contributed by atoms with E-state index in [1.165, 1.54) is 38.4 Å². The number of rotatable bonds is 7. The highest BCUT2D eigenvalue weighted by Crippen LogP contribution is 2.17. The van der Waals surface area contributed by atoms with E-state index in [9.17, 15) is 13.2 Å². The van der Waals surface area contributed by atoms with Crippen LogP contribution in [0.2, 0.25) is 0 Å². The molecule has 6 nitrogen and oxygen atoms in total. The Morgan fingerprint density at radius 1 is 1.04 bits per heavy atom. The Balaban J connectivity index is 1.94. The zero-order chi connectivity index (χ0) is 18.4. The quantitative estimate of drug-likeness (QED) is 0.558. The van der Waals surface area contributed by atoms with Crippen LogP contribution in [0.1, 0.15) is 15.9 Å². The van der Waals surface area contributed by atoms with Crippen LogP contribution < -0.4 is 4.74 Å². The molecule has 0 aliphatic rings. The van der Waals surface area contributed by atoms with Crippen LogP contribution in [0.15, 0.2) is 53.4 Å². The molecule has 0 aliphatic heterocycles. The van der Waals surface area contributed by atoms with Crippen molar-refractivity contribution in [1.29, 1.82) is 0 Å². The molecule has 0 aromatic heterocycles. The van der Waals surface area contributed by atoms with E-state index in [1.807, 2.05) is 31.2 Å².